The SMILES string of the molecule is [2H]c1c([2H])c([2H])c(-c2cnc(-n3c4[c-]c(Oc5[c-]c(N6[CH-]N(C78c9ccccc9C(c9ccccc9)(c9ccccc97)C7c9ccccc9C8c8ccccc87)c7ccccc76)ccc5)ccc4c4ccccc43)cc2C)c([2H])c1[2H].[Pt]. The summed E-state index contributed by atoms with van der Waals surface area (Å²) in [7, 11) is 0. The minimum Gasteiger partial charge on any atom is -0.509 e. The molecule has 19 rings (SSSR count). The predicted octanol–water partition coefficient (Wildman–Crippen LogP) is 16.5. The fourth-order valence-corrected chi connectivity index (χ4v) is 14.0. The molecule has 12 aromatic rings. The molecule has 0 spiro atoms. The Balaban J connectivity index is 0.00000576. The number of aryl methyl sites for hydroxylation is 1. The molecule has 0 atom stereocenters. The van der Waals surface area contributed by atoms with Gasteiger partial charge in [0.2, 0.25) is 0 Å². The van der Waals surface area contributed by atoms with Crippen molar-refractivity contribution in [3.63, 3.8) is 0 Å². The molecule has 5 nitrogen and oxygen atoms in total. The van der Waals surface area contributed by atoms with E-state index in [9.17, 15) is 0 Å². The molecule has 0 saturated heterocycles. The van der Waals surface area contributed by atoms with Gasteiger partial charge in [0.05, 0.1) is 17.8 Å². The zero-order valence-corrected chi connectivity index (χ0v) is 43.8. The minimum atomic E-state index is -0.793. The second-order valence-electron chi connectivity index (χ2n) is 20.3. The van der Waals surface area contributed by atoms with Crippen molar-refractivity contribution < 1.29 is 32.7 Å². The molecule has 3 heterocycles. The topological polar surface area (TPSA) is 33.5 Å². The van der Waals surface area contributed by atoms with E-state index < -0.39 is 17.0 Å². The zero-order valence-electron chi connectivity index (χ0n) is 46.5. The molecule has 0 saturated carbocycles. The molecule has 0 amide bonds. The van der Waals surface area contributed by atoms with Crippen molar-refractivity contribution in [2.24, 2.45) is 0 Å². The van der Waals surface area contributed by atoms with Crippen LogP contribution in [0.25, 0.3) is 38.8 Å². The maximum atomic E-state index is 8.68. The molecule has 0 fully saturated rings. The number of nitrogens with zero attached hydrogens (tertiary/aromatic N) is 4. The standard InChI is InChI=1S/C71H47N4O.Pt/c1-46-41-67(72-44-58(46)47-21-4-2-5-22-47)75-63-36-17-12-27-52(63)53-40-39-51(43-66(53)75)76-50-26-20-25-49(42-50)73-45-74(65-38-19-18-37-64(65)73)71-61-34-15-13-32-59(61)70(48-23-6-3-7-24-48,60-33-14-16-35-62(60)71)68-54-28-8-10-30-56(54)69(71)57-31-11-9-29-55(57)68;/h2-41,44-45,68-69H,1H3;/q-3;/i2D,4D,5D,21D,22D;. The molecule has 6 aliphatic carbocycles. The Hall–Kier alpha value is -8.76. The summed E-state index contributed by atoms with van der Waals surface area (Å²) in [4.78, 5) is 9.73. The van der Waals surface area contributed by atoms with Gasteiger partial charge in [-0.1, -0.05) is 193 Å². The van der Waals surface area contributed by atoms with E-state index in [1.807, 2.05) is 60.0 Å². The Bertz CT molecular complexity index is 4510. The van der Waals surface area contributed by atoms with Crippen molar-refractivity contribution in [3.8, 4) is 28.4 Å². The maximum absolute atomic E-state index is 8.68. The fraction of sp³-hybridized carbons (Fsp3) is 0.0704. The predicted molar refractivity (Wildman–Crippen MR) is 305 cm³/mol. The Morgan fingerprint density at radius 3 is 1.86 bits per heavy atom. The number of rotatable bonds is 7. The van der Waals surface area contributed by atoms with Gasteiger partial charge >= 0.3 is 0 Å². The minimum absolute atomic E-state index is 0. The van der Waals surface area contributed by atoms with Crippen molar-refractivity contribution in [2.75, 3.05) is 9.80 Å². The van der Waals surface area contributed by atoms with Gasteiger partial charge in [-0.2, -0.15) is 18.8 Å². The van der Waals surface area contributed by atoms with Crippen LogP contribution in [-0.4, -0.2) is 9.55 Å². The molecular weight excluding hydrogens is 1120 g/mol. The average Bonchev–Trinajstić information content (AvgIpc) is 2.02. The van der Waals surface area contributed by atoms with E-state index in [2.05, 4.69) is 192 Å². The van der Waals surface area contributed by atoms with E-state index in [0.29, 0.717) is 28.4 Å². The van der Waals surface area contributed by atoms with Gasteiger partial charge in [0.25, 0.3) is 0 Å². The summed E-state index contributed by atoms with van der Waals surface area (Å²) in [6.45, 7) is 4.17. The molecule has 6 heteroatoms. The molecule has 7 aliphatic rings. The number of para-hydroxylation sites is 3. The summed E-state index contributed by atoms with van der Waals surface area (Å²) in [5, 5.41) is 1.95. The van der Waals surface area contributed by atoms with Gasteiger partial charge in [-0.05, 0) is 97.8 Å². The van der Waals surface area contributed by atoms with E-state index in [-0.39, 0.29) is 62.6 Å². The molecule has 10 aromatic carbocycles. The number of hydrogen-bond acceptors (Lipinski definition) is 4. The third-order valence-corrected chi connectivity index (χ3v) is 16.7. The maximum Gasteiger partial charge on any atom is 0.135 e. The van der Waals surface area contributed by atoms with Crippen LogP contribution in [0.3, 0.4) is 0 Å². The van der Waals surface area contributed by atoms with Crippen molar-refractivity contribution in [2.45, 2.75) is 29.7 Å². The van der Waals surface area contributed by atoms with Crippen LogP contribution >= 0.6 is 0 Å². The molecule has 1 aliphatic heterocycles. The van der Waals surface area contributed by atoms with E-state index in [1.165, 1.54) is 50.1 Å². The molecule has 0 N–H and O–H groups in total. The first kappa shape index (κ1) is 40.5. The van der Waals surface area contributed by atoms with Crippen molar-refractivity contribution in [3.05, 3.63) is 323 Å². The third-order valence-electron chi connectivity index (χ3n) is 16.7. The Kier molecular flexibility index (Phi) is 9.16. The number of anilines is 3. The first-order valence-electron chi connectivity index (χ1n) is 28.3. The van der Waals surface area contributed by atoms with E-state index >= 15 is 0 Å². The van der Waals surface area contributed by atoms with Gasteiger partial charge < -0.3 is 19.1 Å². The van der Waals surface area contributed by atoms with Crippen LogP contribution < -0.4 is 14.5 Å². The van der Waals surface area contributed by atoms with Crippen LogP contribution in [-0.2, 0) is 32.0 Å². The van der Waals surface area contributed by atoms with Crippen LogP contribution in [0.5, 0.6) is 11.5 Å². The van der Waals surface area contributed by atoms with Gasteiger partial charge in [-0.25, -0.2) is 4.98 Å². The van der Waals surface area contributed by atoms with Crippen LogP contribution in [0.15, 0.2) is 249 Å². The number of ether oxygens (including phenoxy) is 1. The van der Waals surface area contributed by atoms with Gasteiger partial charge in [0.15, 0.2) is 0 Å². The second kappa shape index (κ2) is 17.4. The monoisotopic (exact) mass is 1170 g/mol. The summed E-state index contributed by atoms with van der Waals surface area (Å²) in [5.41, 5.74) is 16.3. The first-order chi connectivity index (χ1) is 39.7. The van der Waals surface area contributed by atoms with E-state index in [1.54, 1.807) is 6.20 Å². The Labute approximate surface area is 469 Å². The summed E-state index contributed by atoms with van der Waals surface area (Å²) >= 11 is 0. The van der Waals surface area contributed by atoms with Gasteiger partial charge in [-0.3, -0.25) is 0 Å². The van der Waals surface area contributed by atoms with Crippen molar-refractivity contribution in [1.29, 1.82) is 0 Å². The zero-order chi connectivity index (χ0) is 54.5. The molecule has 0 unspecified atom stereocenters. The molecule has 4 bridgehead atoms. The van der Waals surface area contributed by atoms with Gasteiger partial charge in [-0.15, -0.1) is 41.4 Å². The van der Waals surface area contributed by atoms with Crippen LogP contribution in [0, 0.1) is 25.7 Å². The fourth-order valence-electron chi connectivity index (χ4n) is 14.0. The quantitative estimate of drug-likeness (QED) is 0.149. The van der Waals surface area contributed by atoms with E-state index in [4.69, 9.17) is 16.6 Å². The number of fused-ring (bicyclic) bond motifs is 4. The number of pyridine rings is 1. The van der Waals surface area contributed by atoms with Crippen LogP contribution in [0.4, 0.5) is 17.1 Å². The molecule has 370 valence electrons. The summed E-state index contributed by atoms with van der Waals surface area (Å²) in [5.74, 6) is 1.45. The Morgan fingerprint density at radius 2 is 1.16 bits per heavy atom. The van der Waals surface area contributed by atoms with Gasteiger partial charge in [0, 0.05) is 73.1 Å². The Morgan fingerprint density at radius 1 is 0.558 bits per heavy atom. The smallest absolute Gasteiger partial charge is 0.135 e. The van der Waals surface area contributed by atoms with Crippen molar-refractivity contribution >= 4 is 38.9 Å². The molecule has 0 radical (unpaired) electrons. The second-order valence-corrected chi connectivity index (χ2v) is 20.3. The van der Waals surface area contributed by atoms with Crippen LogP contribution in [0.2, 0.25) is 0 Å². The molecule has 2 aromatic heterocycles. The average molecular weight is 1170 g/mol. The van der Waals surface area contributed by atoms with Crippen LogP contribution in [0.1, 0.15) is 74.3 Å². The molecular formula is C71H47N4OPt-3. The first-order valence-corrected chi connectivity index (χ1v) is 25.8. The third kappa shape index (κ3) is 6.29. The van der Waals surface area contributed by atoms with E-state index in [0.717, 1.165) is 38.9 Å². The number of aromatic nitrogens is 2. The number of hydrogen-bond donors (Lipinski definition) is 0. The molecule has 77 heavy (non-hydrogen) atoms. The van der Waals surface area contributed by atoms with Crippen molar-refractivity contribution in [1.82, 2.24) is 9.55 Å². The summed E-state index contributed by atoms with van der Waals surface area (Å²) < 4.78 is 51.0. The summed E-state index contributed by atoms with van der Waals surface area (Å²) in [6.07, 6.45) is 1.59. The number of benzene rings is 10. The van der Waals surface area contributed by atoms with Gasteiger partial charge in [0.1, 0.15) is 5.82 Å². The summed E-state index contributed by atoms with van der Waals surface area (Å²) in [6, 6.07) is 82.5. The normalized spacial score (nSPS) is 20.0. The largest absolute Gasteiger partial charge is 0.509 e.